The largest absolute Gasteiger partial charge is 0.478 e. The van der Waals surface area contributed by atoms with Crippen LogP contribution in [0.5, 0.6) is 0 Å². The molecule has 6 nitrogen and oxygen atoms in total. The molecule has 2 aromatic rings. The summed E-state index contributed by atoms with van der Waals surface area (Å²) in [6.07, 6.45) is 5.52. The van der Waals surface area contributed by atoms with E-state index in [0.29, 0.717) is 5.69 Å². The highest BCUT2D eigenvalue weighted by atomic mass is 16.4. The number of nitrogens with zero attached hydrogens (tertiary/aromatic N) is 2. The number of carboxylic acids is 1. The lowest BCUT2D eigenvalue weighted by Gasteiger charge is -2.26. The molecule has 0 bridgehead atoms. The van der Waals surface area contributed by atoms with Gasteiger partial charge in [-0.1, -0.05) is 24.6 Å². The highest BCUT2D eigenvalue weighted by Crippen LogP contribution is 2.32. The predicted molar refractivity (Wildman–Crippen MR) is 108 cm³/mol. The fourth-order valence-corrected chi connectivity index (χ4v) is 3.79. The van der Waals surface area contributed by atoms with Crippen molar-refractivity contribution in [3.05, 3.63) is 59.2 Å². The molecule has 2 aliphatic rings. The van der Waals surface area contributed by atoms with Crippen LogP contribution in [0.2, 0.25) is 0 Å². The Morgan fingerprint density at radius 1 is 1.14 bits per heavy atom. The summed E-state index contributed by atoms with van der Waals surface area (Å²) in [7, 11) is 0. The lowest BCUT2D eigenvalue weighted by atomic mass is 10.0. The lowest BCUT2D eigenvalue weighted by molar-refractivity contribution is -0.115. The number of carboxylic acid groups (broad SMARTS) is 1. The van der Waals surface area contributed by atoms with Crippen molar-refractivity contribution in [3.8, 4) is 0 Å². The molecule has 1 unspecified atom stereocenters. The molecule has 28 heavy (non-hydrogen) atoms. The van der Waals surface area contributed by atoms with Crippen molar-refractivity contribution in [1.82, 2.24) is 4.90 Å². The van der Waals surface area contributed by atoms with E-state index in [1.807, 2.05) is 12.1 Å². The number of carbonyl (C=O) groups excluding carboxylic acids is 1. The monoisotopic (exact) mass is 377 g/mol. The van der Waals surface area contributed by atoms with E-state index in [1.54, 1.807) is 12.3 Å². The number of likely N-dealkylation sites (tertiary alicyclic amines) is 1. The molecule has 1 amide bonds. The molecule has 2 aromatic carbocycles. The van der Waals surface area contributed by atoms with Gasteiger partial charge in [0.1, 0.15) is 5.92 Å². The van der Waals surface area contributed by atoms with E-state index in [0.717, 1.165) is 17.8 Å². The minimum atomic E-state index is -1.01. The first kappa shape index (κ1) is 18.4. The molecule has 4 rings (SSSR count). The molecule has 1 fully saturated rings. The van der Waals surface area contributed by atoms with Crippen LogP contribution in [0.1, 0.15) is 46.7 Å². The fourth-order valence-electron chi connectivity index (χ4n) is 3.79. The maximum Gasteiger partial charge on any atom is 0.335 e. The van der Waals surface area contributed by atoms with Gasteiger partial charge in [-0.05, 0) is 61.3 Å². The summed E-state index contributed by atoms with van der Waals surface area (Å²) in [6, 6.07) is 12.8. The maximum atomic E-state index is 12.3. The number of amides is 1. The van der Waals surface area contributed by atoms with Crippen LogP contribution in [0.25, 0.3) is 0 Å². The minimum Gasteiger partial charge on any atom is -0.478 e. The summed E-state index contributed by atoms with van der Waals surface area (Å²) in [5.74, 6) is -1.72. The number of nitrogens with one attached hydrogen (secondary N) is 1. The molecule has 0 saturated carbocycles. The Kier molecular flexibility index (Phi) is 5.21. The van der Waals surface area contributed by atoms with Crippen molar-refractivity contribution in [2.24, 2.45) is 4.99 Å². The van der Waals surface area contributed by atoms with E-state index < -0.39 is 11.9 Å². The average molecular weight is 377 g/mol. The van der Waals surface area contributed by atoms with Gasteiger partial charge >= 0.3 is 5.97 Å². The number of hydrogen-bond donors (Lipinski definition) is 2. The molecule has 0 aliphatic carbocycles. The second-order valence-electron chi connectivity index (χ2n) is 7.36. The van der Waals surface area contributed by atoms with Gasteiger partial charge < -0.3 is 10.4 Å². The van der Waals surface area contributed by atoms with E-state index >= 15 is 0 Å². The zero-order chi connectivity index (χ0) is 19.5. The SMILES string of the molecule is O=C(O)c1ccc2c(c1)NC(=O)C2C=Nc1ccc(CN2CCCCC2)cc1. The molecule has 0 radical (unpaired) electrons. The van der Waals surface area contributed by atoms with Gasteiger partial charge in [-0.2, -0.15) is 0 Å². The highest BCUT2D eigenvalue weighted by molar-refractivity contribution is 6.13. The molecule has 1 saturated heterocycles. The van der Waals surface area contributed by atoms with E-state index in [9.17, 15) is 9.59 Å². The van der Waals surface area contributed by atoms with Crippen molar-refractivity contribution in [1.29, 1.82) is 0 Å². The summed E-state index contributed by atoms with van der Waals surface area (Å²) in [4.78, 5) is 30.3. The van der Waals surface area contributed by atoms with Crippen molar-refractivity contribution in [2.45, 2.75) is 31.7 Å². The quantitative estimate of drug-likeness (QED) is 0.777. The zero-order valence-corrected chi connectivity index (χ0v) is 15.6. The van der Waals surface area contributed by atoms with Crippen LogP contribution in [-0.2, 0) is 11.3 Å². The third-order valence-electron chi connectivity index (χ3n) is 5.34. The number of hydrogen-bond acceptors (Lipinski definition) is 4. The summed E-state index contributed by atoms with van der Waals surface area (Å²) in [5, 5.41) is 11.8. The number of piperidine rings is 1. The molecule has 2 heterocycles. The Balaban J connectivity index is 1.44. The number of benzene rings is 2. The number of fused-ring (bicyclic) bond motifs is 1. The van der Waals surface area contributed by atoms with Crippen molar-refractivity contribution in [2.75, 3.05) is 18.4 Å². The summed E-state index contributed by atoms with van der Waals surface area (Å²) in [5.41, 5.74) is 3.51. The number of aliphatic imine (C=N–C) groups is 1. The smallest absolute Gasteiger partial charge is 0.335 e. The van der Waals surface area contributed by atoms with Gasteiger partial charge in [0.25, 0.3) is 0 Å². The third-order valence-corrected chi connectivity index (χ3v) is 5.34. The van der Waals surface area contributed by atoms with Gasteiger partial charge in [-0.3, -0.25) is 14.7 Å². The highest BCUT2D eigenvalue weighted by Gasteiger charge is 2.29. The second-order valence-corrected chi connectivity index (χ2v) is 7.36. The Morgan fingerprint density at radius 3 is 2.61 bits per heavy atom. The number of rotatable bonds is 5. The third kappa shape index (κ3) is 3.97. The zero-order valence-electron chi connectivity index (χ0n) is 15.6. The molecule has 0 spiro atoms. The van der Waals surface area contributed by atoms with Gasteiger partial charge in [-0.15, -0.1) is 0 Å². The van der Waals surface area contributed by atoms with Crippen LogP contribution >= 0.6 is 0 Å². The number of carbonyl (C=O) groups is 2. The van der Waals surface area contributed by atoms with Crippen LogP contribution in [0.15, 0.2) is 47.5 Å². The molecular formula is C22H23N3O3. The first-order valence-corrected chi connectivity index (χ1v) is 9.64. The van der Waals surface area contributed by atoms with Crippen LogP contribution < -0.4 is 5.32 Å². The molecule has 6 heteroatoms. The average Bonchev–Trinajstić information content (AvgIpc) is 3.02. The topological polar surface area (TPSA) is 82.0 Å². The minimum absolute atomic E-state index is 0.154. The van der Waals surface area contributed by atoms with Gasteiger partial charge in [0.15, 0.2) is 0 Å². The van der Waals surface area contributed by atoms with E-state index in [4.69, 9.17) is 5.11 Å². The Bertz CT molecular complexity index is 915. The Hall–Kier alpha value is -2.99. The second kappa shape index (κ2) is 7.94. The molecular weight excluding hydrogens is 354 g/mol. The molecule has 1 atom stereocenters. The van der Waals surface area contributed by atoms with E-state index in [-0.39, 0.29) is 11.5 Å². The van der Waals surface area contributed by atoms with E-state index in [1.165, 1.54) is 50.0 Å². The first-order valence-electron chi connectivity index (χ1n) is 9.64. The predicted octanol–water partition coefficient (Wildman–Crippen LogP) is 3.81. The summed E-state index contributed by atoms with van der Waals surface area (Å²) in [6.45, 7) is 3.30. The Morgan fingerprint density at radius 2 is 1.89 bits per heavy atom. The van der Waals surface area contributed by atoms with Gasteiger partial charge in [0.2, 0.25) is 5.91 Å². The Labute approximate surface area is 163 Å². The normalized spacial score (nSPS) is 19.6. The molecule has 2 aliphatic heterocycles. The van der Waals surface area contributed by atoms with Crippen molar-refractivity contribution in [3.63, 3.8) is 0 Å². The first-order chi connectivity index (χ1) is 13.6. The molecule has 0 aromatic heterocycles. The summed E-state index contributed by atoms with van der Waals surface area (Å²) < 4.78 is 0. The van der Waals surface area contributed by atoms with Gasteiger partial charge in [0.05, 0.1) is 11.3 Å². The molecule has 2 N–H and O–H groups in total. The van der Waals surface area contributed by atoms with Crippen LogP contribution in [0.3, 0.4) is 0 Å². The standard InChI is InChI=1S/C22H23N3O3/c26-21-19(18-9-6-16(22(27)28)12-20(18)24-21)13-23-17-7-4-15(5-8-17)14-25-10-2-1-3-11-25/h4-9,12-13,19H,1-3,10-11,14H2,(H,24,26)(H,27,28). The van der Waals surface area contributed by atoms with Gasteiger partial charge in [-0.25, -0.2) is 4.79 Å². The van der Waals surface area contributed by atoms with Crippen LogP contribution in [-0.4, -0.2) is 41.2 Å². The summed E-state index contributed by atoms with van der Waals surface area (Å²) >= 11 is 0. The maximum absolute atomic E-state index is 12.3. The number of aromatic carboxylic acids is 1. The van der Waals surface area contributed by atoms with Crippen LogP contribution in [0, 0.1) is 0 Å². The van der Waals surface area contributed by atoms with Crippen LogP contribution in [0.4, 0.5) is 11.4 Å². The molecule has 144 valence electrons. The lowest BCUT2D eigenvalue weighted by Crippen LogP contribution is -2.28. The van der Waals surface area contributed by atoms with E-state index in [2.05, 4.69) is 27.3 Å². The van der Waals surface area contributed by atoms with Gasteiger partial charge in [0, 0.05) is 18.4 Å². The number of anilines is 1. The van der Waals surface area contributed by atoms with Crippen molar-refractivity contribution < 1.29 is 14.7 Å². The fraction of sp³-hybridized carbons (Fsp3) is 0.318. The van der Waals surface area contributed by atoms with Crippen molar-refractivity contribution >= 4 is 29.5 Å².